The quantitative estimate of drug-likeness (QED) is 0.0228. The van der Waals surface area contributed by atoms with Gasteiger partial charge in [-0.15, -0.1) is 0 Å². The summed E-state index contributed by atoms with van der Waals surface area (Å²) in [6, 6.07) is 0. The Morgan fingerprint density at radius 3 is 1.27 bits per heavy atom. The van der Waals surface area contributed by atoms with Crippen molar-refractivity contribution in [1.29, 1.82) is 0 Å². The smallest absolute Gasteiger partial charge is 0.335 e. The maximum atomic E-state index is 13.1. The predicted molar refractivity (Wildman–Crippen MR) is 294 cm³/mol. The Hall–Kier alpha value is -3.06. The lowest BCUT2D eigenvalue weighted by atomic mass is 9.98. The van der Waals surface area contributed by atoms with E-state index in [-0.39, 0.29) is 25.9 Å². The van der Waals surface area contributed by atoms with Crippen LogP contribution in [0.2, 0.25) is 0 Å². The fourth-order valence-electron chi connectivity index (χ4n) is 9.04. The number of carbonyl (C=O) groups excluding carboxylic acids is 3. The maximum Gasteiger partial charge on any atom is 0.335 e. The number of allylic oxidation sites excluding steroid dienone is 6. The molecule has 12 heteroatoms. The number of aliphatic hydroxyl groups excluding tert-OH is 2. The molecule has 424 valence electrons. The van der Waals surface area contributed by atoms with Crippen molar-refractivity contribution < 1.29 is 58.2 Å². The van der Waals surface area contributed by atoms with E-state index < -0.39 is 67.3 Å². The Bertz CT molecular complexity index is 1410. The first-order chi connectivity index (χ1) is 35.6. The second kappa shape index (κ2) is 49.8. The van der Waals surface area contributed by atoms with Gasteiger partial charge in [-0.2, -0.15) is 0 Å². The van der Waals surface area contributed by atoms with Crippen molar-refractivity contribution in [1.82, 2.24) is 0 Å². The molecular weight excluding hydrogens is 925 g/mol. The molecule has 1 heterocycles. The molecule has 6 atom stereocenters. The van der Waals surface area contributed by atoms with Crippen LogP contribution in [-0.4, -0.2) is 89.2 Å². The molecule has 0 radical (unpaired) electrons. The molecule has 0 saturated carbocycles. The van der Waals surface area contributed by atoms with Crippen LogP contribution in [0.5, 0.6) is 0 Å². The molecule has 12 nitrogen and oxygen atoms in total. The van der Waals surface area contributed by atoms with Crippen molar-refractivity contribution >= 4 is 23.9 Å². The zero-order chi connectivity index (χ0) is 53.3. The van der Waals surface area contributed by atoms with Crippen LogP contribution in [0.3, 0.4) is 0 Å². The number of unbranched alkanes of at least 4 members (excludes halogenated alkanes) is 31. The molecule has 1 fully saturated rings. The van der Waals surface area contributed by atoms with Gasteiger partial charge >= 0.3 is 23.9 Å². The van der Waals surface area contributed by atoms with Gasteiger partial charge in [0.05, 0.1) is 6.61 Å². The molecule has 6 unspecified atom stereocenters. The standard InChI is InChI=1S/C61H108O12/c1-4-7-10-13-16-19-22-24-26-27-29-31-34-37-40-43-46-49-55(64)72-59-57(66)56(65)58(60(67)68)73-61(59)70-51-52(71-54(63)48-45-42-39-36-32-21-18-15-12-9-6-3)50-69-53(62)47-44-41-38-35-33-30-28-25-23-20-17-14-11-8-5-2/h17,20,24-26,28,52,56-59,61,65-66H,4-16,18-19,21-23,27,29-51H2,1-3H3,(H,67,68)/b20-17-,26-24-,28-25-. The minimum atomic E-state index is -1.90. The van der Waals surface area contributed by atoms with Crippen molar-refractivity contribution in [2.75, 3.05) is 13.2 Å². The number of carboxylic acid groups (broad SMARTS) is 1. The first kappa shape index (κ1) is 68.0. The number of carbonyl (C=O) groups is 4. The average molecular weight is 1030 g/mol. The van der Waals surface area contributed by atoms with Crippen molar-refractivity contribution in [3.63, 3.8) is 0 Å². The van der Waals surface area contributed by atoms with Gasteiger partial charge in [0.1, 0.15) is 18.8 Å². The third-order valence-corrected chi connectivity index (χ3v) is 13.7. The van der Waals surface area contributed by atoms with Crippen molar-refractivity contribution in [3.05, 3.63) is 36.5 Å². The van der Waals surface area contributed by atoms with Gasteiger partial charge in [-0.1, -0.05) is 218 Å². The first-order valence-corrected chi connectivity index (χ1v) is 30.0. The number of hydrogen-bond donors (Lipinski definition) is 3. The molecule has 1 saturated heterocycles. The van der Waals surface area contributed by atoms with E-state index in [0.29, 0.717) is 19.3 Å². The molecule has 0 aromatic rings. The van der Waals surface area contributed by atoms with Crippen LogP contribution in [0.1, 0.15) is 278 Å². The summed E-state index contributed by atoms with van der Waals surface area (Å²) in [7, 11) is 0. The lowest BCUT2D eigenvalue weighted by molar-refractivity contribution is -0.301. The highest BCUT2D eigenvalue weighted by atomic mass is 16.7. The molecule has 0 aromatic carbocycles. The summed E-state index contributed by atoms with van der Waals surface area (Å²) in [5.41, 5.74) is 0. The van der Waals surface area contributed by atoms with Gasteiger partial charge in [-0.3, -0.25) is 14.4 Å². The summed E-state index contributed by atoms with van der Waals surface area (Å²) in [5, 5.41) is 31.5. The van der Waals surface area contributed by atoms with E-state index in [0.717, 1.165) is 96.3 Å². The highest BCUT2D eigenvalue weighted by molar-refractivity contribution is 5.74. The van der Waals surface area contributed by atoms with Gasteiger partial charge in [0, 0.05) is 19.3 Å². The van der Waals surface area contributed by atoms with Gasteiger partial charge in [-0.05, 0) is 77.0 Å². The minimum absolute atomic E-state index is 0.0573. The van der Waals surface area contributed by atoms with Gasteiger partial charge in [-0.25, -0.2) is 4.79 Å². The summed E-state index contributed by atoms with van der Waals surface area (Å²) in [4.78, 5) is 51.1. The van der Waals surface area contributed by atoms with Crippen LogP contribution in [0.25, 0.3) is 0 Å². The second-order valence-corrected chi connectivity index (χ2v) is 20.6. The molecule has 3 N–H and O–H groups in total. The highest BCUT2D eigenvalue weighted by Crippen LogP contribution is 2.26. The van der Waals surface area contributed by atoms with E-state index >= 15 is 0 Å². The average Bonchev–Trinajstić information content (AvgIpc) is 3.37. The Labute approximate surface area is 444 Å². The molecule has 1 aliphatic heterocycles. The van der Waals surface area contributed by atoms with E-state index in [2.05, 4.69) is 57.2 Å². The second-order valence-electron chi connectivity index (χ2n) is 20.6. The molecule has 0 bridgehead atoms. The molecule has 0 amide bonds. The van der Waals surface area contributed by atoms with Crippen LogP contribution in [0, 0.1) is 0 Å². The number of aliphatic hydroxyl groups is 2. The molecule has 73 heavy (non-hydrogen) atoms. The van der Waals surface area contributed by atoms with Gasteiger partial charge in [0.15, 0.2) is 24.6 Å². The van der Waals surface area contributed by atoms with Crippen LogP contribution < -0.4 is 0 Å². The number of esters is 3. The number of rotatable bonds is 51. The van der Waals surface area contributed by atoms with Crippen LogP contribution in [0.15, 0.2) is 36.5 Å². The first-order valence-electron chi connectivity index (χ1n) is 30.0. The fraction of sp³-hybridized carbons (Fsp3) is 0.836. The Balaban J connectivity index is 2.67. The van der Waals surface area contributed by atoms with Crippen molar-refractivity contribution in [2.45, 2.75) is 314 Å². The zero-order valence-electron chi connectivity index (χ0n) is 46.6. The molecule has 0 spiro atoms. The molecular formula is C61H108O12. The largest absolute Gasteiger partial charge is 0.479 e. The zero-order valence-corrected chi connectivity index (χ0v) is 46.6. The Kier molecular flexibility index (Phi) is 46.4. The van der Waals surface area contributed by atoms with Crippen LogP contribution in [0.4, 0.5) is 0 Å². The number of hydrogen-bond acceptors (Lipinski definition) is 11. The minimum Gasteiger partial charge on any atom is -0.479 e. The summed E-state index contributed by atoms with van der Waals surface area (Å²) in [6.07, 6.45) is 45.4. The normalized spacial score (nSPS) is 18.5. The highest BCUT2D eigenvalue weighted by Gasteiger charge is 2.50. The molecule has 1 aliphatic rings. The molecule has 1 rings (SSSR count). The van der Waals surface area contributed by atoms with Gasteiger partial charge in [0.25, 0.3) is 0 Å². The lowest BCUT2D eigenvalue weighted by Crippen LogP contribution is -2.61. The van der Waals surface area contributed by atoms with Gasteiger partial charge in [0.2, 0.25) is 0 Å². The molecule has 0 aromatic heterocycles. The van der Waals surface area contributed by atoms with E-state index in [1.54, 1.807) is 0 Å². The maximum absolute atomic E-state index is 13.1. The topological polar surface area (TPSA) is 175 Å². The number of carboxylic acids is 1. The van der Waals surface area contributed by atoms with Gasteiger partial charge < -0.3 is 39.0 Å². The van der Waals surface area contributed by atoms with E-state index in [9.17, 15) is 34.5 Å². The third-order valence-electron chi connectivity index (χ3n) is 13.7. The fourth-order valence-corrected chi connectivity index (χ4v) is 9.04. The summed E-state index contributed by atoms with van der Waals surface area (Å²) >= 11 is 0. The SMILES string of the molecule is CCCCC/C=C\C/C=C\CCCCCCCC(=O)OCC(COC1OC(C(=O)O)C(O)C(O)C1OC(=O)CCCCCCCCC/C=C\CCCCCCCC)OC(=O)CCCCCCCCCCCCC. The van der Waals surface area contributed by atoms with E-state index in [1.807, 2.05) is 0 Å². The van der Waals surface area contributed by atoms with E-state index in [4.69, 9.17) is 23.7 Å². The van der Waals surface area contributed by atoms with E-state index in [1.165, 1.54) is 122 Å². The van der Waals surface area contributed by atoms with Crippen molar-refractivity contribution in [2.24, 2.45) is 0 Å². The summed E-state index contributed by atoms with van der Waals surface area (Å²) in [5.74, 6) is -3.12. The predicted octanol–water partition coefficient (Wildman–Crippen LogP) is 15.2. The summed E-state index contributed by atoms with van der Waals surface area (Å²) < 4.78 is 28.4. The molecule has 0 aliphatic carbocycles. The van der Waals surface area contributed by atoms with Crippen molar-refractivity contribution in [3.8, 4) is 0 Å². The summed E-state index contributed by atoms with van der Waals surface area (Å²) in [6.45, 7) is 5.96. The third kappa shape index (κ3) is 39.9. The monoisotopic (exact) mass is 1030 g/mol. The lowest BCUT2D eigenvalue weighted by Gasteiger charge is -2.40. The Morgan fingerprint density at radius 2 is 0.822 bits per heavy atom. The van der Waals surface area contributed by atoms with Crippen LogP contribution in [-0.2, 0) is 42.9 Å². The Morgan fingerprint density at radius 1 is 0.452 bits per heavy atom. The van der Waals surface area contributed by atoms with Crippen LogP contribution >= 0.6 is 0 Å². The number of ether oxygens (including phenoxy) is 5. The number of aliphatic carboxylic acids is 1.